The molecule has 1 aliphatic carbocycles. The smallest absolute Gasteiger partial charge is 0.303 e. The predicted molar refractivity (Wildman–Crippen MR) is 145 cm³/mol. The van der Waals surface area contributed by atoms with Crippen molar-refractivity contribution in [3.63, 3.8) is 0 Å². The minimum atomic E-state index is -0.563. The van der Waals surface area contributed by atoms with Gasteiger partial charge in [0.25, 0.3) is 17.4 Å². The first kappa shape index (κ1) is 29.2. The minimum Gasteiger partial charge on any atom is -0.494 e. The van der Waals surface area contributed by atoms with Gasteiger partial charge in [0.05, 0.1) is 19.1 Å². The van der Waals surface area contributed by atoms with Gasteiger partial charge in [-0.3, -0.25) is 19.2 Å². The molecule has 0 bridgehead atoms. The lowest BCUT2D eigenvalue weighted by Crippen LogP contribution is -2.40. The van der Waals surface area contributed by atoms with E-state index in [2.05, 4.69) is 20.6 Å². The van der Waals surface area contributed by atoms with Gasteiger partial charge in [-0.25, -0.2) is 9.37 Å². The van der Waals surface area contributed by atoms with Crippen molar-refractivity contribution in [2.75, 3.05) is 20.3 Å². The molecule has 0 atom stereocenters. The number of aromatic nitrogens is 2. The lowest BCUT2D eigenvalue weighted by Gasteiger charge is -2.28. The zero-order valence-electron chi connectivity index (χ0n) is 22.2. The fraction of sp³-hybridized carbons (Fsp3) is 0.444. The van der Waals surface area contributed by atoms with E-state index >= 15 is 0 Å². The van der Waals surface area contributed by atoms with Crippen LogP contribution in [-0.4, -0.2) is 54.1 Å². The fourth-order valence-electron chi connectivity index (χ4n) is 4.55. The second-order valence-electron chi connectivity index (χ2n) is 9.59. The summed E-state index contributed by atoms with van der Waals surface area (Å²) in [5.74, 6) is -1.56. The monoisotopic (exact) mass is 574 g/mol. The van der Waals surface area contributed by atoms with Crippen LogP contribution in [0.4, 0.5) is 4.39 Å². The van der Waals surface area contributed by atoms with Crippen molar-refractivity contribution in [3.05, 3.63) is 56.7 Å². The summed E-state index contributed by atoms with van der Waals surface area (Å²) in [6, 6.07) is 4.32. The van der Waals surface area contributed by atoms with Crippen molar-refractivity contribution in [2.45, 2.75) is 51.8 Å². The number of fused-ring (bicyclic) bond motifs is 1. The second-order valence-corrected chi connectivity index (χ2v) is 10.4. The molecule has 1 fully saturated rings. The highest BCUT2D eigenvalue weighted by molar-refractivity contribution is 7.16. The molecule has 0 spiro atoms. The zero-order chi connectivity index (χ0) is 28.6. The summed E-state index contributed by atoms with van der Waals surface area (Å²) >= 11 is 1.26. The van der Waals surface area contributed by atoms with Crippen LogP contribution in [-0.2, 0) is 32.2 Å². The number of nitrogens with one attached hydrogen (secondary N) is 3. The minimum absolute atomic E-state index is 0.0506. The molecule has 2 heterocycles. The van der Waals surface area contributed by atoms with E-state index in [0.29, 0.717) is 33.9 Å². The Kier molecular flexibility index (Phi) is 9.83. The van der Waals surface area contributed by atoms with Crippen LogP contribution in [0, 0.1) is 11.7 Å². The molecule has 40 heavy (non-hydrogen) atoms. The Labute approximate surface area is 233 Å². The van der Waals surface area contributed by atoms with Crippen LogP contribution in [0.1, 0.15) is 54.4 Å². The number of ether oxygens (including phenoxy) is 3. The quantitative estimate of drug-likeness (QED) is 0.296. The Bertz CT molecular complexity index is 1430. The van der Waals surface area contributed by atoms with E-state index in [4.69, 9.17) is 14.2 Å². The molecule has 3 N–H and O–H groups in total. The highest BCUT2D eigenvalue weighted by atomic mass is 32.1. The van der Waals surface area contributed by atoms with Crippen LogP contribution in [0.25, 0.3) is 10.2 Å². The molecule has 13 heteroatoms. The van der Waals surface area contributed by atoms with Crippen molar-refractivity contribution in [1.29, 1.82) is 0 Å². The van der Waals surface area contributed by atoms with Crippen molar-refractivity contribution in [3.8, 4) is 5.75 Å². The van der Waals surface area contributed by atoms with Gasteiger partial charge in [0.1, 0.15) is 4.83 Å². The normalized spacial score (nSPS) is 16.9. The van der Waals surface area contributed by atoms with Crippen LogP contribution in [0.2, 0.25) is 0 Å². The molecule has 1 aliphatic rings. The van der Waals surface area contributed by atoms with Gasteiger partial charge >= 0.3 is 5.97 Å². The van der Waals surface area contributed by atoms with Crippen molar-refractivity contribution >= 4 is 39.3 Å². The lowest BCUT2D eigenvalue weighted by molar-refractivity contribution is -0.146. The van der Waals surface area contributed by atoms with Crippen molar-refractivity contribution in [2.24, 2.45) is 5.92 Å². The first-order valence-electron chi connectivity index (χ1n) is 12.8. The number of carbonyl (C=O) groups is 3. The molecule has 214 valence electrons. The zero-order valence-corrected chi connectivity index (χ0v) is 23.0. The van der Waals surface area contributed by atoms with Crippen molar-refractivity contribution in [1.82, 2.24) is 20.6 Å². The third kappa shape index (κ3) is 7.63. The van der Waals surface area contributed by atoms with Gasteiger partial charge in [-0.05, 0) is 54.7 Å². The highest BCUT2D eigenvalue weighted by Gasteiger charge is 2.23. The van der Waals surface area contributed by atoms with E-state index in [1.807, 2.05) is 0 Å². The van der Waals surface area contributed by atoms with E-state index in [0.717, 1.165) is 25.7 Å². The summed E-state index contributed by atoms with van der Waals surface area (Å²) in [5, 5.41) is 7.75. The number of H-pyrrole nitrogens is 1. The average Bonchev–Trinajstić information content (AvgIpc) is 3.35. The summed E-state index contributed by atoms with van der Waals surface area (Å²) in [7, 11) is 1.36. The number of methoxy groups -OCH3 is 1. The summed E-state index contributed by atoms with van der Waals surface area (Å²) in [5.41, 5.74) is 0.900. The third-order valence-corrected chi connectivity index (χ3v) is 7.55. The molecule has 4 rings (SSSR count). The van der Waals surface area contributed by atoms with Crippen LogP contribution in [0.3, 0.4) is 0 Å². The number of carbonyl (C=O) groups excluding carboxylic acids is 3. The second kappa shape index (κ2) is 13.5. The summed E-state index contributed by atoms with van der Waals surface area (Å²) in [6.45, 7) is 1.85. The number of halogens is 1. The molecule has 0 unspecified atom stereocenters. The van der Waals surface area contributed by atoms with Gasteiger partial charge in [-0.15, -0.1) is 11.3 Å². The summed E-state index contributed by atoms with van der Waals surface area (Å²) in [6.07, 6.45) is 3.39. The molecule has 2 aromatic heterocycles. The number of hydrogen-bond acceptors (Lipinski definition) is 9. The van der Waals surface area contributed by atoms with Crippen LogP contribution < -0.4 is 20.9 Å². The average molecular weight is 575 g/mol. The third-order valence-electron chi connectivity index (χ3n) is 6.63. The lowest BCUT2D eigenvalue weighted by atomic mass is 9.86. The highest BCUT2D eigenvalue weighted by Crippen LogP contribution is 2.26. The number of thiophene rings is 1. The van der Waals surface area contributed by atoms with E-state index < -0.39 is 23.3 Å². The van der Waals surface area contributed by atoms with Crippen LogP contribution >= 0.6 is 11.3 Å². The maximum atomic E-state index is 13.6. The maximum Gasteiger partial charge on any atom is 0.303 e. The van der Waals surface area contributed by atoms with Gasteiger partial charge in [0.15, 0.2) is 18.2 Å². The number of esters is 1. The Morgan fingerprint density at radius 1 is 1.20 bits per heavy atom. The molecule has 1 saturated carbocycles. The van der Waals surface area contributed by atoms with E-state index in [1.165, 1.54) is 43.6 Å². The Balaban J connectivity index is 1.26. The predicted octanol–water partition coefficient (Wildman–Crippen LogP) is 2.82. The molecule has 0 radical (unpaired) electrons. The molecule has 3 aromatic rings. The Morgan fingerprint density at radius 3 is 2.70 bits per heavy atom. The molecule has 2 amide bonds. The van der Waals surface area contributed by atoms with Crippen molar-refractivity contribution < 1.29 is 33.0 Å². The maximum absolute atomic E-state index is 13.6. The van der Waals surface area contributed by atoms with Gasteiger partial charge in [-0.2, -0.15) is 0 Å². The van der Waals surface area contributed by atoms with Crippen LogP contribution in [0.5, 0.6) is 5.75 Å². The topological polar surface area (TPSA) is 149 Å². The SMILES string of the molecule is COc1cc(CNC(=O)c2nc3scc(COC[C@H]4CC[C@H](NC(=O)COC(C)=O)CC4)c3c(=O)[nH]2)ccc1F. The summed E-state index contributed by atoms with van der Waals surface area (Å²) in [4.78, 5) is 55.4. The van der Waals surface area contributed by atoms with Gasteiger partial charge in [0, 0.05) is 31.7 Å². The number of aromatic amines is 1. The van der Waals surface area contributed by atoms with Gasteiger partial charge in [0.2, 0.25) is 5.82 Å². The Hall–Kier alpha value is -3.84. The molecule has 11 nitrogen and oxygen atoms in total. The van der Waals surface area contributed by atoms with E-state index in [9.17, 15) is 23.6 Å². The van der Waals surface area contributed by atoms with Gasteiger partial charge in [-0.1, -0.05) is 6.07 Å². The van der Waals surface area contributed by atoms with E-state index in [1.54, 1.807) is 5.38 Å². The molecule has 1 aromatic carbocycles. The molecule has 0 aliphatic heterocycles. The van der Waals surface area contributed by atoms with Crippen LogP contribution in [0.15, 0.2) is 28.4 Å². The number of nitrogens with zero attached hydrogens (tertiary/aromatic N) is 1. The first-order chi connectivity index (χ1) is 19.2. The molecular formula is C27H31FN4O7S. The number of hydrogen-bond donors (Lipinski definition) is 3. The standard InChI is InChI=1S/C27H31FN4O7S/c1-15(33)39-13-22(34)30-19-6-3-16(4-7-19)11-38-12-18-14-40-27-23(18)25(35)31-24(32-27)26(36)29-10-17-5-8-20(28)21(9-17)37-2/h5,8-9,14,16,19H,3-4,6-7,10-13H2,1-2H3,(H,29,36)(H,30,34)(H,31,32,35)/t16-,19-. The largest absolute Gasteiger partial charge is 0.494 e. The van der Waals surface area contributed by atoms with Gasteiger partial charge < -0.3 is 29.8 Å². The number of rotatable bonds is 11. The first-order valence-corrected chi connectivity index (χ1v) is 13.7. The Morgan fingerprint density at radius 2 is 1.98 bits per heavy atom. The van der Waals surface area contributed by atoms with E-state index in [-0.39, 0.29) is 43.3 Å². The summed E-state index contributed by atoms with van der Waals surface area (Å²) < 4.78 is 29.2. The number of amides is 2. The molecular weight excluding hydrogens is 543 g/mol. The number of benzene rings is 1. The fourth-order valence-corrected chi connectivity index (χ4v) is 5.47. The molecule has 0 saturated heterocycles.